The third kappa shape index (κ3) is 2.83. The maximum Gasteiger partial charge on any atom is 0.324 e. The highest BCUT2D eigenvalue weighted by molar-refractivity contribution is 6.17. The van der Waals surface area contributed by atoms with Gasteiger partial charge in [0.05, 0.1) is 17.6 Å². The van der Waals surface area contributed by atoms with Gasteiger partial charge in [-0.05, 0) is 12.1 Å². The second-order valence-electron chi connectivity index (χ2n) is 4.10. The number of hydrogen-bond donors (Lipinski definition) is 0. The largest absolute Gasteiger partial charge is 0.324 e. The van der Waals surface area contributed by atoms with Crippen LogP contribution in [0.3, 0.4) is 0 Å². The molecule has 2 nitrogen and oxygen atoms in total. The van der Waals surface area contributed by atoms with E-state index in [0.29, 0.717) is 11.0 Å². The molecule has 0 saturated carbocycles. The highest BCUT2D eigenvalue weighted by atomic mass is 35.5. The van der Waals surface area contributed by atoms with Crippen molar-refractivity contribution in [2.75, 3.05) is 5.88 Å². The molecule has 0 amide bonds. The number of para-hydroxylation sites is 2. The smallest absolute Gasteiger partial charge is 0.322 e. The Balaban J connectivity index is 2.47. The van der Waals surface area contributed by atoms with Gasteiger partial charge in [0.15, 0.2) is 0 Å². The van der Waals surface area contributed by atoms with Crippen LogP contribution in [0.1, 0.15) is 5.82 Å². The lowest BCUT2D eigenvalue weighted by molar-refractivity contribution is -0.137. The number of rotatable bonds is 5. The van der Waals surface area contributed by atoms with E-state index in [1.54, 1.807) is 24.3 Å². The van der Waals surface area contributed by atoms with Gasteiger partial charge in [0.25, 0.3) is 0 Å². The zero-order valence-electron chi connectivity index (χ0n) is 9.79. The lowest BCUT2D eigenvalue weighted by Crippen LogP contribution is -2.32. The molecule has 0 bridgehead atoms. The van der Waals surface area contributed by atoms with Crippen molar-refractivity contribution in [1.29, 1.82) is 0 Å². The van der Waals surface area contributed by atoms with Crippen LogP contribution in [0.25, 0.3) is 11.0 Å². The molecule has 1 heterocycles. The van der Waals surface area contributed by atoms with Gasteiger partial charge in [-0.3, -0.25) is 0 Å². The molecule has 0 aliphatic heterocycles. The Morgan fingerprint density at radius 2 is 1.95 bits per heavy atom. The zero-order chi connectivity index (χ0) is 14.0. The summed E-state index contributed by atoms with van der Waals surface area (Å²) < 4.78 is 52.2. The van der Waals surface area contributed by atoms with Crippen molar-refractivity contribution in [3.63, 3.8) is 0 Å². The van der Waals surface area contributed by atoms with Gasteiger partial charge in [-0.1, -0.05) is 12.1 Å². The van der Waals surface area contributed by atoms with E-state index < -0.39 is 18.9 Å². The van der Waals surface area contributed by atoms with Crippen molar-refractivity contribution in [2.24, 2.45) is 0 Å². The summed E-state index contributed by atoms with van der Waals surface area (Å²) in [7, 11) is 0. The number of benzene rings is 1. The fraction of sp³-hybridized carbons (Fsp3) is 0.417. The Morgan fingerprint density at radius 3 is 2.58 bits per heavy atom. The van der Waals surface area contributed by atoms with Crippen molar-refractivity contribution >= 4 is 22.6 Å². The highest BCUT2D eigenvalue weighted by Gasteiger charge is 2.41. The molecule has 104 valence electrons. The number of aryl methyl sites for hydroxylation is 1. The summed E-state index contributed by atoms with van der Waals surface area (Å²) in [6.07, 6.45) is -3.47. The molecule has 0 N–H and O–H groups in total. The predicted octanol–water partition coefficient (Wildman–Crippen LogP) is 3.72. The number of fused-ring (bicyclic) bond motifs is 1. The standard InChI is InChI=1S/C12H11ClF4N2/c13-6-5-10-18-8-3-1-2-4-9(8)19(10)7-12(16,17)11(14)15/h1-4,11H,5-7H2. The molecule has 1 aromatic carbocycles. The number of nitrogens with zero attached hydrogens (tertiary/aromatic N) is 2. The van der Waals surface area contributed by atoms with Gasteiger partial charge in [0.2, 0.25) is 0 Å². The first-order valence-electron chi connectivity index (χ1n) is 5.62. The number of alkyl halides is 5. The van der Waals surface area contributed by atoms with E-state index >= 15 is 0 Å². The predicted molar refractivity (Wildman–Crippen MR) is 65.1 cm³/mol. The van der Waals surface area contributed by atoms with Crippen LogP contribution in [0.2, 0.25) is 0 Å². The molecule has 0 spiro atoms. The van der Waals surface area contributed by atoms with Gasteiger partial charge in [0.1, 0.15) is 5.82 Å². The maximum atomic E-state index is 13.2. The lowest BCUT2D eigenvalue weighted by atomic mass is 10.3. The monoisotopic (exact) mass is 294 g/mol. The molecular formula is C12H11ClF4N2. The van der Waals surface area contributed by atoms with E-state index in [1.165, 1.54) is 0 Å². The van der Waals surface area contributed by atoms with E-state index in [9.17, 15) is 17.6 Å². The summed E-state index contributed by atoms with van der Waals surface area (Å²) in [4.78, 5) is 4.15. The van der Waals surface area contributed by atoms with Crippen LogP contribution in [0, 0.1) is 0 Å². The fourth-order valence-electron chi connectivity index (χ4n) is 1.86. The summed E-state index contributed by atoms with van der Waals surface area (Å²) in [6, 6.07) is 6.56. The van der Waals surface area contributed by atoms with Crippen molar-refractivity contribution in [2.45, 2.75) is 25.3 Å². The van der Waals surface area contributed by atoms with Crippen LogP contribution in [-0.4, -0.2) is 27.8 Å². The number of imidazole rings is 1. The molecule has 2 aromatic rings. The molecule has 2 rings (SSSR count). The van der Waals surface area contributed by atoms with Gasteiger partial charge in [-0.25, -0.2) is 13.8 Å². The summed E-state index contributed by atoms with van der Waals surface area (Å²) in [6.45, 7) is -1.10. The molecule has 7 heteroatoms. The third-order valence-corrected chi connectivity index (χ3v) is 2.93. The zero-order valence-corrected chi connectivity index (χ0v) is 10.5. The number of halogens is 5. The van der Waals surface area contributed by atoms with Crippen LogP contribution in [-0.2, 0) is 13.0 Å². The second-order valence-corrected chi connectivity index (χ2v) is 4.48. The molecule has 19 heavy (non-hydrogen) atoms. The average Bonchev–Trinajstić information content (AvgIpc) is 2.68. The molecule has 0 saturated heterocycles. The molecule has 0 radical (unpaired) electrons. The molecule has 0 aliphatic carbocycles. The number of hydrogen-bond acceptors (Lipinski definition) is 1. The average molecular weight is 295 g/mol. The SMILES string of the molecule is FC(F)C(F)(F)Cn1c(CCCl)nc2ccccc21. The summed E-state index contributed by atoms with van der Waals surface area (Å²) in [5.41, 5.74) is 0.899. The van der Waals surface area contributed by atoms with Crippen LogP contribution in [0.4, 0.5) is 17.6 Å². The van der Waals surface area contributed by atoms with Gasteiger partial charge in [0, 0.05) is 12.3 Å². The Bertz CT molecular complexity index is 568. The van der Waals surface area contributed by atoms with Gasteiger partial charge < -0.3 is 4.57 Å². The first kappa shape index (κ1) is 14.1. The second kappa shape index (κ2) is 5.36. The van der Waals surface area contributed by atoms with Crippen molar-refractivity contribution in [1.82, 2.24) is 9.55 Å². The Labute approximate surface area is 112 Å². The van der Waals surface area contributed by atoms with Gasteiger partial charge >= 0.3 is 12.3 Å². The minimum atomic E-state index is -4.09. The van der Waals surface area contributed by atoms with Crippen molar-refractivity contribution in [3.8, 4) is 0 Å². The summed E-state index contributed by atoms with van der Waals surface area (Å²) in [5, 5.41) is 0. The molecule has 1 aromatic heterocycles. The number of aromatic nitrogens is 2. The molecule has 0 unspecified atom stereocenters. The summed E-state index contributed by atoms with van der Waals surface area (Å²) in [5.74, 6) is -3.62. The van der Waals surface area contributed by atoms with E-state index in [2.05, 4.69) is 4.98 Å². The Kier molecular flexibility index (Phi) is 3.99. The first-order chi connectivity index (χ1) is 8.95. The van der Waals surface area contributed by atoms with Crippen LogP contribution >= 0.6 is 11.6 Å². The Hall–Kier alpha value is -1.30. The molecular weight excluding hydrogens is 284 g/mol. The van der Waals surface area contributed by atoms with Gasteiger partial charge in [-0.15, -0.1) is 11.6 Å². The van der Waals surface area contributed by atoms with Gasteiger partial charge in [-0.2, -0.15) is 8.78 Å². The third-order valence-electron chi connectivity index (χ3n) is 2.74. The molecule has 0 aliphatic rings. The topological polar surface area (TPSA) is 17.8 Å². The van der Waals surface area contributed by atoms with E-state index in [0.717, 1.165) is 4.57 Å². The fourth-order valence-corrected chi connectivity index (χ4v) is 2.03. The van der Waals surface area contributed by atoms with Crippen molar-refractivity contribution in [3.05, 3.63) is 30.1 Å². The van der Waals surface area contributed by atoms with E-state index in [1.807, 2.05) is 0 Å². The summed E-state index contributed by atoms with van der Waals surface area (Å²) >= 11 is 5.58. The Morgan fingerprint density at radius 1 is 1.26 bits per heavy atom. The normalized spacial score (nSPS) is 12.5. The highest BCUT2D eigenvalue weighted by Crippen LogP contribution is 2.28. The van der Waals surface area contributed by atoms with E-state index in [-0.39, 0.29) is 18.1 Å². The minimum Gasteiger partial charge on any atom is -0.322 e. The van der Waals surface area contributed by atoms with E-state index in [4.69, 9.17) is 11.6 Å². The first-order valence-corrected chi connectivity index (χ1v) is 6.15. The molecule has 0 fully saturated rings. The van der Waals surface area contributed by atoms with Crippen molar-refractivity contribution < 1.29 is 17.6 Å². The lowest BCUT2D eigenvalue weighted by Gasteiger charge is -2.17. The van der Waals surface area contributed by atoms with Crippen LogP contribution in [0.15, 0.2) is 24.3 Å². The quantitative estimate of drug-likeness (QED) is 0.607. The van der Waals surface area contributed by atoms with Crippen LogP contribution < -0.4 is 0 Å². The van der Waals surface area contributed by atoms with Crippen LogP contribution in [0.5, 0.6) is 0 Å². The minimum absolute atomic E-state index is 0.184. The maximum absolute atomic E-state index is 13.2. The molecule has 0 atom stereocenters.